The van der Waals surface area contributed by atoms with Gasteiger partial charge in [-0.15, -0.1) is 0 Å². The summed E-state index contributed by atoms with van der Waals surface area (Å²) in [5.41, 5.74) is 0. The Morgan fingerprint density at radius 1 is 1.09 bits per heavy atom. The zero-order valence-corrected chi connectivity index (χ0v) is 9.97. The Kier molecular flexibility index (Phi) is 6.44. The van der Waals surface area contributed by atoms with E-state index in [1.54, 1.807) is 0 Å². The SMILES string of the molecule is [CH2]CCS[Si](CC)(CC)CC. The molecule has 0 saturated carbocycles. The molecule has 0 N–H and O–H groups in total. The van der Waals surface area contributed by atoms with Crippen LogP contribution in [0, 0.1) is 6.92 Å². The van der Waals surface area contributed by atoms with Gasteiger partial charge in [-0.1, -0.05) is 45.8 Å². The first kappa shape index (κ1) is 11.6. The van der Waals surface area contributed by atoms with Gasteiger partial charge in [0.05, 0.1) is 0 Å². The van der Waals surface area contributed by atoms with Gasteiger partial charge in [0.25, 0.3) is 0 Å². The molecule has 0 aliphatic heterocycles. The lowest BCUT2D eigenvalue weighted by Gasteiger charge is -2.26. The van der Waals surface area contributed by atoms with Crippen molar-refractivity contribution in [1.29, 1.82) is 0 Å². The van der Waals surface area contributed by atoms with E-state index in [1.165, 1.54) is 23.9 Å². The molecular weight excluding hydrogens is 168 g/mol. The minimum Gasteiger partial charge on any atom is -0.185 e. The van der Waals surface area contributed by atoms with Gasteiger partial charge in [-0.05, 0) is 12.2 Å². The van der Waals surface area contributed by atoms with E-state index in [4.69, 9.17) is 0 Å². The quantitative estimate of drug-likeness (QED) is 0.570. The van der Waals surface area contributed by atoms with Crippen molar-refractivity contribution in [3.05, 3.63) is 6.92 Å². The fraction of sp³-hybridized carbons (Fsp3) is 0.889. The number of rotatable bonds is 6. The lowest BCUT2D eigenvalue weighted by atomic mass is 10.6. The third-order valence-electron chi connectivity index (χ3n) is 2.49. The predicted octanol–water partition coefficient (Wildman–Crippen LogP) is 3.95. The van der Waals surface area contributed by atoms with Gasteiger partial charge in [-0.2, -0.15) is 11.2 Å². The number of hydrogen-bond donors (Lipinski definition) is 0. The molecule has 0 aromatic carbocycles. The van der Waals surface area contributed by atoms with Crippen LogP contribution in [0.5, 0.6) is 0 Å². The van der Waals surface area contributed by atoms with Crippen LogP contribution in [0.25, 0.3) is 0 Å². The molecule has 67 valence electrons. The van der Waals surface area contributed by atoms with Crippen LogP contribution in [-0.4, -0.2) is 13.0 Å². The highest BCUT2D eigenvalue weighted by atomic mass is 32.4. The zero-order valence-electron chi connectivity index (χ0n) is 8.15. The van der Waals surface area contributed by atoms with Crippen molar-refractivity contribution < 1.29 is 0 Å². The average molecular weight is 189 g/mol. The van der Waals surface area contributed by atoms with E-state index in [0.717, 1.165) is 6.42 Å². The maximum atomic E-state index is 3.89. The molecule has 0 saturated heterocycles. The molecule has 0 atom stereocenters. The van der Waals surface area contributed by atoms with Gasteiger partial charge in [0.15, 0.2) is 0 Å². The van der Waals surface area contributed by atoms with Crippen LogP contribution in [0.2, 0.25) is 18.1 Å². The molecule has 0 bridgehead atoms. The van der Waals surface area contributed by atoms with E-state index >= 15 is 0 Å². The molecule has 0 aliphatic carbocycles. The lowest BCUT2D eigenvalue weighted by Crippen LogP contribution is -2.27. The lowest BCUT2D eigenvalue weighted by molar-refractivity contribution is 1.21. The molecule has 0 heterocycles. The fourth-order valence-corrected chi connectivity index (χ4v) is 7.60. The topological polar surface area (TPSA) is 0 Å². The Bertz CT molecular complexity index is 81.3. The zero-order chi connectivity index (χ0) is 8.74. The molecule has 1 radical (unpaired) electrons. The van der Waals surface area contributed by atoms with Crippen molar-refractivity contribution >= 4 is 18.4 Å². The van der Waals surface area contributed by atoms with Crippen LogP contribution >= 0.6 is 11.2 Å². The average Bonchev–Trinajstić information content (AvgIpc) is 2.08. The van der Waals surface area contributed by atoms with Crippen LogP contribution in [0.3, 0.4) is 0 Å². The van der Waals surface area contributed by atoms with Crippen molar-refractivity contribution in [3.63, 3.8) is 0 Å². The molecule has 0 aromatic rings. The highest BCUT2D eigenvalue weighted by Gasteiger charge is 2.26. The largest absolute Gasteiger partial charge is 0.185 e. The second kappa shape index (κ2) is 6.12. The summed E-state index contributed by atoms with van der Waals surface area (Å²) in [6.07, 6.45) is 1.10. The second-order valence-electron chi connectivity index (χ2n) is 2.95. The predicted molar refractivity (Wildman–Crippen MR) is 59.6 cm³/mol. The Balaban J connectivity index is 3.84. The summed E-state index contributed by atoms with van der Waals surface area (Å²) >= 11 is 2.25. The summed E-state index contributed by atoms with van der Waals surface area (Å²) in [6, 6.07) is 4.31. The van der Waals surface area contributed by atoms with Crippen molar-refractivity contribution in [2.75, 3.05) is 5.75 Å². The van der Waals surface area contributed by atoms with Crippen LogP contribution in [0.1, 0.15) is 27.2 Å². The summed E-state index contributed by atoms with van der Waals surface area (Å²) in [5.74, 6) is 1.28. The summed E-state index contributed by atoms with van der Waals surface area (Å²) in [6.45, 7) is 11.0. The molecule has 0 rings (SSSR count). The van der Waals surface area contributed by atoms with Gasteiger partial charge in [0.1, 0.15) is 7.22 Å². The first-order chi connectivity index (χ1) is 5.24. The van der Waals surface area contributed by atoms with E-state index in [9.17, 15) is 0 Å². The molecule has 11 heavy (non-hydrogen) atoms. The second-order valence-corrected chi connectivity index (χ2v) is 11.6. The van der Waals surface area contributed by atoms with Gasteiger partial charge in [0.2, 0.25) is 0 Å². The molecular formula is C9H21SSi. The highest BCUT2D eigenvalue weighted by molar-refractivity contribution is 8.28. The smallest absolute Gasteiger partial charge is 0.116 e. The molecule has 0 unspecified atom stereocenters. The molecule has 0 aliphatic rings. The van der Waals surface area contributed by atoms with Gasteiger partial charge in [-0.3, -0.25) is 0 Å². The first-order valence-electron chi connectivity index (χ1n) is 4.67. The maximum Gasteiger partial charge on any atom is 0.116 e. The minimum atomic E-state index is -0.862. The molecule has 0 nitrogen and oxygen atoms in total. The van der Waals surface area contributed by atoms with Gasteiger partial charge in [-0.25, -0.2) is 0 Å². The highest BCUT2D eigenvalue weighted by Crippen LogP contribution is 2.32. The molecule has 0 aromatic heterocycles. The van der Waals surface area contributed by atoms with E-state index in [0.29, 0.717) is 0 Å². The van der Waals surface area contributed by atoms with Gasteiger partial charge >= 0.3 is 0 Å². The van der Waals surface area contributed by atoms with Crippen LogP contribution in [-0.2, 0) is 0 Å². The normalized spacial score (nSPS) is 12.0. The van der Waals surface area contributed by atoms with E-state index in [1.807, 2.05) is 0 Å². The van der Waals surface area contributed by atoms with Crippen molar-refractivity contribution in [2.24, 2.45) is 0 Å². The Labute approximate surface area is 76.8 Å². The summed E-state index contributed by atoms with van der Waals surface area (Å²) in [4.78, 5) is 0. The summed E-state index contributed by atoms with van der Waals surface area (Å²) < 4.78 is 0. The van der Waals surface area contributed by atoms with Crippen molar-refractivity contribution in [1.82, 2.24) is 0 Å². The fourth-order valence-electron chi connectivity index (χ4n) is 1.34. The molecule has 0 amide bonds. The van der Waals surface area contributed by atoms with Crippen molar-refractivity contribution in [3.8, 4) is 0 Å². The van der Waals surface area contributed by atoms with E-state index < -0.39 is 7.22 Å². The van der Waals surface area contributed by atoms with Crippen molar-refractivity contribution in [2.45, 2.75) is 45.3 Å². The van der Waals surface area contributed by atoms with Gasteiger partial charge < -0.3 is 0 Å². The molecule has 2 heteroatoms. The van der Waals surface area contributed by atoms with Gasteiger partial charge in [0, 0.05) is 0 Å². The van der Waals surface area contributed by atoms with E-state index in [-0.39, 0.29) is 0 Å². The summed E-state index contributed by atoms with van der Waals surface area (Å²) in [5, 5.41) is 0. The first-order valence-corrected chi connectivity index (χ1v) is 9.01. The monoisotopic (exact) mass is 189 g/mol. The third-order valence-corrected chi connectivity index (χ3v) is 12.5. The van der Waals surface area contributed by atoms with Crippen LogP contribution in [0.4, 0.5) is 0 Å². The number of hydrogen-bond acceptors (Lipinski definition) is 1. The summed E-state index contributed by atoms with van der Waals surface area (Å²) in [7, 11) is -0.862. The minimum absolute atomic E-state index is 0.862. The maximum absolute atomic E-state index is 3.89. The molecule has 0 fully saturated rings. The van der Waals surface area contributed by atoms with E-state index in [2.05, 4.69) is 38.9 Å². The Hall–Kier alpha value is 0.567. The Morgan fingerprint density at radius 3 is 1.82 bits per heavy atom. The van der Waals surface area contributed by atoms with Crippen LogP contribution < -0.4 is 0 Å². The third kappa shape index (κ3) is 3.65. The Morgan fingerprint density at radius 2 is 1.55 bits per heavy atom. The van der Waals surface area contributed by atoms with Crippen LogP contribution in [0.15, 0.2) is 0 Å². The molecule has 0 spiro atoms. The standard InChI is InChI=1S/C9H21SSi/c1-5-9-10-11(6-2,7-3)8-4/h1,5-9H2,2-4H3.